The fraction of sp³-hybridized carbons (Fsp3) is 0.125. The number of rotatable bonds is 9. The zero-order valence-corrected chi connectivity index (χ0v) is 18.2. The molecule has 0 radical (unpaired) electrons. The number of nitrogens with one attached hydrogen (secondary N) is 3. The molecule has 0 unspecified atom stereocenters. The second-order valence-corrected chi connectivity index (χ2v) is 7.16. The molecule has 3 aromatic carbocycles. The summed E-state index contributed by atoms with van der Waals surface area (Å²) in [5.74, 6) is -1.41. The maximum Gasteiger partial charge on any atom is 0.325 e. The largest absolute Gasteiger partial charge is 0.468 e. The highest BCUT2D eigenvalue weighted by molar-refractivity contribution is 6.05. The molecule has 0 atom stereocenters. The molecule has 10 nitrogen and oxygen atoms in total. The zero-order chi connectivity index (χ0) is 24.5. The van der Waals surface area contributed by atoms with Crippen molar-refractivity contribution in [2.45, 2.75) is 6.42 Å². The van der Waals surface area contributed by atoms with Crippen LogP contribution in [0, 0.1) is 10.1 Å². The average molecular weight is 462 g/mol. The van der Waals surface area contributed by atoms with Crippen molar-refractivity contribution in [1.82, 2.24) is 5.32 Å². The Morgan fingerprint density at radius 3 is 2.29 bits per heavy atom. The van der Waals surface area contributed by atoms with Gasteiger partial charge in [-0.1, -0.05) is 30.3 Å². The Morgan fingerprint density at radius 1 is 0.941 bits per heavy atom. The van der Waals surface area contributed by atoms with Gasteiger partial charge in [-0.15, -0.1) is 0 Å². The van der Waals surface area contributed by atoms with Crippen molar-refractivity contribution in [1.29, 1.82) is 0 Å². The summed E-state index contributed by atoms with van der Waals surface area (Å²) < 4.78 is 4.46. The molecule has 10 heteroatoms. The molecular weight excluding hydrogens is 440 g/mol. The van der Waals surface area contributed by atoms with Crippen LogP contribution >= 0.6 is 0 Å². The second kappa shape index (κ2) is 11.2. The Balaban J connectivity index is 1.64. The first-order valence-electron chi connectivity index (χ1n) is 10.2. The first kappa shape index (κ1) is 23.9. The fourth-order valence-corrected chi connectivity index (χ4v) is 3.01. The van der Waals surface area contributed by atoms with Crippen LogP contribution in [0.2, 0.25) is 0 Å². The van der Waals surface area contributed by atoms with Crippen molar-refractivity contribution in [3.63, 3.8) is 0 Å². The van der Waals surface area contributed by atoms with Crippen molar-refractivity contribution in [2.24, 2.45) is 0 Å². The highest BCUT2D eigenvalue weighted by Gasteiger charge is 2.18. The summed E-state index contributed by atoms with van der Waals surface area (Å²) in [6.07, 6.45) is 0.0489. The van der Waals surface area contributed by atoms with Gasteiger partial charge in [-0.2, -0.15) is 0 Å². The van der Waals surface area contributed by atoms with E-state index in [-0.39, 0.29) is 35.8 Å². The Morgan fingerprint density at radius 2 is 1.65 bits per heavy atom. The minimum Gasteiger partial charge on any atom is -0.468 e. The van der Waals surface area contributed by atoms with Gasteiger partial charge >= 0.3 is 5.97 Å². The fourth-order valence-electron chi connectivity index (χ4n) is 3.01. The molecule has 0 spiro atoms. The molecule has 34 heavy (non-hydrogen) atoms. The van der Waals surface area contributed by atoms with Crippen LogP contribution in [0.1, 0.15) is 15.9 Å². The molecular formula is C24H22N4O6. The number of carbonyl (C=O) groups is 3. The number of ether oxygens (including phenoxy) is 1. The number of para-hydroxylation sites is 1. The second-order valence-electron chi connectivity index (χ2n) is 7.16. The van der Waals surface area contributed by atoms with Crippen molar-refractivity contribution >= 4 is 40.5 Å². The zero-order valence-electron chi connectivity index (χ0n) is 18.2. The molecule has 2 amide bonds. The van der Waals surface area contributed by atoms with Gasteiger partial charge in [0, 0.05) is 23.0 Å². The highest BCUT2D eigenvalue weighted by atomic mass is 16.6. The van der Waals surface area contributed by atoms with E-state index in [4.69, 9.17) is 0 Å². The van der Waals surface area contributed by atoms with Gasteiger partial charge in [0.15, 0.2) is 0 Å². The first-order chi connectivity index (χ1) is 16.4. The van der Waals surface area contributed by atoms with Gasteiger partial charge in [-0.3, -0.25) is 24.5 Å². The molecule has 3 aromatic rings. The van der Waals surface area contributed by atoms with Crippen LogP contribution in [0.25, 0.3) is 0 Å². The Hall–Kier alpha value is -4.73. The van der Waals surface area contributed by atoms with E-state index in [1.54, 1.807) is 48.5 Å². The Kier molecular flexibility index (Phi) is 7.90. The number of benzene rings is 3. The predicted octanol–water partition coefficient (Wildman–Crippen LogP) is 3.42. The van der Waals surface area contributed by atoms with Crippen LogP contribution in [-0.4, -0.2) is 36.4 Å². The summed E-state index contributed by atoms with van der Waals surface area (Å²) in [6, 6.07) is 19.7. The molecule has 174 valence electrons. The summed E-state index contributed by atoms with van der Waals surface area (Å²) in [4.78, 5) is 46.6. The number of nitrogens with zero attached hydrogens (tertiary/aromatic N) is 1. The number of carbonyl (C=O) groups excluding carboxylic acids is 3. The van der Waals surface area contributed by atoms with Crippen LogP contribution in [0.5, 0.6) is 0 Å². The van der Waals surface area contributed by atoms with E-state index in [9.17, 15) is 24.5 Å². The third-order valence-corrected chi connectivity index (χ3v) is 4.74. The number of amides is 2. The van der Waals surface area contributed by atoms with Gasteiger partial charge < -0.3 is 20.7 Å². The monoisotopic (exact) mass is 462 g/mol. The van der Waals surface area contributed by atoms with E-state index >= 15 is 0 Å². The lowest BCUT2D eigenvalue weighted by Crippen LogP contribution is -2.31. The molecule has 3 N–H and O–H groups in total. The molecule has 0 aliphatic rings. The summed E-state index contributed by atoms with van der Waals surface area (Å²) in [6.45, 7) is -0.213. The molecule has 0 saturated heterocycles. The van der Waals surface area contributed by atoms with Gasteiger partial charge in [0.05, 0.1) is 18.5 Å². The number of anilines is 3. The number of nitro groups is 1. The van der Waals surface area contributed by atoms with E-state index in [2.05, 4.69) is 20.7 Å². The highest BCUT2D eigenvalue weighted by Crippen LogP contribution is 2.29. The number of hydrogen-bond donors (Lipinski definition) is 3. The Bertz CT molecular complexity index is 1200. The van der Waals surface area contributed by atoms with E-state index in [0.29, 0.717) is 16.9 Å². The van der Waals surface area contributed by atoms with Crippen molar-refractivity contribution in [3.05, 3.63) is 94.0 Å². The first-order valence-corrected chi connectivity index (χ1v) is 10.2. The summed E-state index contributed by atoms with van der Waals surface area (Å²) in [5.41, 5.74) is 1.97. The quantitative estimate of drug-likeness (QED) is 0.251. The summed E-state index contributed by atoms with van der Waals surface area (Å²) in [7, 11) is 1.23. The van der Waals surface area contributed by atoms with Gasteiger partial charge in [0.1, 0.15) is 12.2 Å². The third-order valence-electron chi connectivity index (χ3n) is 4.74. The van der Waals surface area contributed by atoms with Crippen LogP contribution in [0.3, 0.4) is 0 Å². The van der Waals surface area contributed by atoms with Crippen LogP contribution < -0.4 is 16.0 Å². The standard InChI is InChI=1S/C24H22N4O6/c1-34-23(30)15-25-22(29)13-16-7-10-19(11-8-16)27-24(31)17-9-12-20(21(14-17)28(32)33)26-18-5-3-2-4-6-18/h2-12,14,26H,13,15H2,1H3,(H,25,29)(H,27,31). The number of hydrogen-bond acceptors (Lipinski definition) is 7. The maximum absolute atomic E-state index is 12.6. The molecule has 0 aromatic heterocycles. The minimum absolute atomic E-state index is 0.0489. The summed E-state index contributed by atoms with van der Waals surface area (Å²) >= 11 is 0. The lowest BCUT2D eigenvalue weighted by molar-refractivity contribution is -0.383. The van der Waals surface area contributed by atoms with Gasteiger partial charge in [-0.25, -0.2) is 0 Å². The van der Waals surface area contributed by atoms with Gasteiger partial charge in [0.25, 0.3) is 11.6 Å². The van der Waals surface area contributed by atoms with Crippen LogP contribution in [0.15, 0.2) is 72.8 Å². The topological polar surface area (TPSA) is 140 Å². The molecule has 0 bridgehead atoms. The molecule has 3 rings (SSSR count). The van der Waals surface area contributed by atoms with E-state index in [0.717, 1.165) is 0 Å². The van der Waals surface area contributed by atoms with E-state index in [1.165, 1.54) is 25.3 Å². The number of methoxy groups -OCH3 is 1. The third kappa shape index (κ3) is 6.63. The molecule has 0 aliphatic heterocycles. The summed E-state index contributed by atoms with van der Waals surface area (Å²) in [5, 5.41) is 19.6. The average Bonchev–Trinajstić information content (AvgIpc) is 2.84. The van der Waals surface area contributed by atoms with Gasteiger partial charge in [0.2, 0.25) is 5.91 Å². The lowest BCUT2D eigenvalue weighted by Gasteiger charge is -2.10. The normalized spacial score (nSPS) is 10.1. The van der Waals surface area contributed by atoms with Crippen molar-refractivity contribution < 1.29 is 24.0 Å². The number of nitro benzene ring substituents is 1. The van der Waals surface area contributed by atoms with E-state index in [1.807, 2.05) is 6.07 Å². The molecule has 0 saturated carbocycles. The lowest BCUT2D eigenvalue weighted by atomic mass is 10.1. The molecule has 0 heterocycles. The van der Waals surface area contributed by atoms with Crippen LogP contribution in [0.4, 0.5) is 22.7 Å². The van der Waals surface area contributed by atoms with Crippen molar-refractivity contribution in [3.8, 4) is 0 Å². The van der Waals surface area contributed by atoms with Crippen LogP contribution in [-0.2, 0) is 20.7 Å². The van der Waals surface area contributed by atoms with E-state index < -0.39 is 16.8 Å². The predicted molar refractivity (Wildman–Crippen MR) is 126 cm³/mol. The van der Waals surface area contributed by atoms with Gasteiger partial charge in [-0.05, 0) is 42.0 Å². The Labute approximate surface area is 195 Å². The molecule has 0 fully saturated rings. The smallest absolute Gasteiger partial charge is 0.325 e. The molecule has 0 aliphatic carbocycles. The minimum atomic E-state index is -0.553. The SMILES string of the molecule is COC(=O)CNC(=O)Cc1ccc(NC(=O)c2ccc(Nc3ccccc3)c([N+](=O)[O-])c2)cc1. The maximum atomic E-state index is 12.6. The van der Waals surface area contributed by atoms with Crippen molar-refractivity contribution in [2.75, 3.05) is 24.3 Å². The number of esters is 1.